The molecule has 0 aliphatic carbocycles. The Kier molecular flexibility index (Phi) is 0.675. The third-order valence-corrected chi connectivity index (χ3v) is 0.598. The lowest BCUT2D eigenvalue weighted by Crippen LogP contribution is -1.59. The third-order valence-electron chi connectivity index (χ3n) is 0.598. The van der Waals surface area contributed by atoms with Crippen LogP contribution in [0.25, 0.3) is 0 Å². The lowest BCUT2D eigenvalue weighted by atomic mass is 10.5. The minimum Gasteiger partial charge on any atom is -0.364 e. The van der Waals surface area contributed by atoms with Crippen LogP contribution in [0.5, 0.6) is 0 Å². The molecule has 0 saturated carbocycles. The van der Waals surface area contributed by atoms with Crippen molar-refractivity contribution in [1.29, 1.82) is 0 Å². The Morgan fingerprint density at radius 3 is 2.67 bits per heavy atom. The molecule has 3 radical (unpaired) electrons. The molecule has 0 fully saturated rings. The van der Waals surface area contributed by atoms with Crippen molar-refractivity contribution >= 4 is 0 Å². The quantitative estimate of drug-likeness (QED) is 0.475. The van der Waals surface area contributed by atoms with Crippen LogP contribution in [0, 0.1) is 6.92 Å². The van der Waals surface area contributed by atoms with Crippen molar-refractivity contribution in [3.8, 4) is 0 Å². The molecular formula is C5H4N. The second-order valence-electron chi connectivity index (χ2n) is 1.08. The van der Waals surface area contributed by atoms with E-state index in [1.807, 2.05) is 0 Å². The Hall–Kier alpha value is -0.720. The second kappa shape index (κ2) is 1.17. The molecule has 0 atom stereocenters. The molecule has 0 spiro atoms. The molecule has 1 rings (SSSR count). The van der Waals surface area contributed by atoms with Crippen molar-refractivity contribution in [3.63, 3.8) is 0 Å². The summed E-state index contributed by atoms with van der Waals surface area (Å²) in [5.41, 5.74) is 0.468. The molecule has 1 heteroatoms. The summed E-state index contributed by atoms with van der Waals surface area (Å²) in [6.45, 7) is 6.82. The Morgan fingerprint density at radius 1 is 1.67 bits per heavy atom. The van der Waals surface area contributed by atoms with E-state index in [0.717, 1.165) is 0 Å². The maximum atomic E-state index is 6.82. The van der Waals surface area contributed by atoms with Crippen LogP contribution in [0.1, 0.15) is 5.69 Å². The average Bonchev–Trinajstić information content (AvgIpc) is 1.86. The highest BCUT2D eigenvalue weighted by atomic mass is 14.7. The van der Waals surface area contributed by atoms with Gasteiger partial charge in [0.05, 0.1) is 0 Å². The maximum absolute atomic E-state index is 6.82. The van der Waals surface area contributed by atoms with E-state index < -0.39 is 0 Å². The van der Waals surface area contributed by atoms with E-state index in [2.05, 4.69) is 4.98 Å². The van der Waals surface area contributed by atoms with Crippen molar-refractivity contribution in [1.82, 2.24) is 4.98 Å². The molecule has 1 N–H and O–H groups in total. The smallest absolute Gasteiger partial charge is 0.0496 e. The van der Waals surface area contributed by atoms with Crippen molar-refractivity contribution < 1.29 is 0 Å². The number of rotatable bonds is 0. The lowest BCUT2D eigenvalue weighted by Gasteiger charge is -1.68. The van der Waals surface area contributed by atoms with E-state index in [4.69, 9.17) is 6.92 Å². The molecule has 1 aromatic rings. The summed E-state index contributed by atoms with van der Waals surface area (Å²) >= 11 is 0. The summed E-state index contributed by atoms with van der Waals surface area (Å²) < 4.78 is 0. The molecular weight excluding hydrogens is 74.1 g/mol. The molecule has 6 heavy (non-hydrogen) atoms. The zero-order valence-corrected chi connectivity index (χ0v) is 3.23. The van der Waals surface area contributed by atoms with Crippen molar-refractivity contribution in [2.45, 2.75) is 0 Å². The predicted molar refractivity (Wildman–Crippen MR) is 23.1 cm³/mol. The van der Waals surface area contributed by atoms with Gasteiger partial charge in [-0.05, 0) is 12.1 Å². The second-order valence-corrected chi connectivity index (χ2v) is 1.08. The summed E-state index contributed by atoms with van der Waals surface area (Å²) in [7, 11) is 0. The van der Waals surface area contributed by atoms with Crippen LogP contribution in [-0.2, 0) is 0 Å². The van der Waals surface area contributed by atoms with Gasteiger partial charge >= 0.3 is 0 Å². The summed E-state index contributed by atoms with van der Waals surface area (Å²) in [5.74, 6) is 0. The van der Waals surface area contributed by atoms with E-state index in [1.54, 1.807) is 18.3 Å². The number of aromatic amines is 1. The van der Waals surface area contributed by atoms with Gasteiger partial charge in [0.2, 0.25) is 0 Å². The summed E-state index contributed by atoms with van der Waals surface area (Å²) in [5, 5.41) is 0. The molecule has 0 aliphatic heterocycles. The minimum atomic E-state index is 0.468. The van der Waals surface area contributed by atoms with E-state index in [9.17, 15) is 0 Å². The number of nitrogens with one attached hydrogen (secondary N) is 1. The lowest BCUT2D eigenvalue weighted by molar-refractivity contribution is 1.35. The first-order valence-corrected chi connectivity index (χ1v) is 1.74. The molecule has 1 aromatic heterocycles. The van der Waals surface area contributed by atoms with E-state index >= 15 is 0 Å². The fourth-order valence-corrected chi connectivity index (χ4v) is 0.330. The zero-order valence-electron chi connectivity index (χ0n) is 3.23. The standard InChI is InChI=1S/C5H4N/c1-5-3-2-4-6-5/h2-4,6H. The highest BCUT2D eigenvalue weighted by Gasteiger charge is 1.73. The van der Waals surface area contributed by atoms with Crippen LogP contribution in [-0.4, -0.2) is 4.98 Å². The van der Waals surface area contributed by atoms with Gasteiger partial charge in [0, 0.05) is 18.8 Å². The normalized spacial score (nSPS) is 8.83. The molecule has 0 aromatic carbocycles. The number of hydrogen-bond acceptors (Lipinski definition) is 0. The first-order valence-electron chi connectivity index (χ1n) is 1.74. The monoisotopic (exact) mass is 78.0 g/mol. The van der Waals surface area contributed by atoms with Gasteiger partial charge in [0.15, 0.2) is 0 Å². The summed E-state index contributed by atoms with van der Waals surface area (Å²) in [6.07, 6.45) is 1.72. The van der Waals surface area contributed by atoms with Crippen LogP contribution >= 0.6 is 0 Å². The molecule has 0 saturated heterocycles. The Labute approximate surface area is 37.0 Å². The molecule has 0 bridgehead atoms. The van der Waals surface area contributed by atoms with Gasteiger partial charge in [0.1, 0.15) is 0 Å². The molecule has 0 amide bonds. The van der Waals surface area contributed by atoms with Crippen molar-refractivity contribution in [2.24, 2.45) is 0 Å². The fraction of sp³-hybridized carbons (Fsp3) is 0. The predicted octanol–water partition coefficient (Wildman–Crippen LogP) is 0.951. The van der Waals surface area contributed by atoms with E-state index in [-0.39, 0.29) is 0 Å². The highest BCUT2D eigenvalue weighted by molar-refractivity contribution is 5.05. The zero-order chi connectivity index (χ0) is 4.41. The topological polar surface area (TPSA) is 15.8 Å². The van der Waals surface area contributed by atoms with E-state index in [0.29, 0.717) is 5.69 Å². The van der Waals surface area contributed by atoms with Crippen molar-refractivity contribution in [3.05, 3.63) is 30.9 Å². The van der Waals surface area contributed by atoms with Gasteiger partial charge in [-0.15, -0.1) is 0 Å². The first-order chi connectivity index (χ1) is 2.89. The third kappa shape index (κ3) is 0.432. The molecule has 29 valence electrons. The molecule has 1 nitrogen and oxygen atoms in total. The largest absolute Gasteiger partial charge is 0.364 e. The van der Waals surface area contributed by atoms with Gasteiger partial charge in [-0.25, -0.2) is 0 Å². The number of aromatic nitrogens is 1. The number of hydrogen-bond donors (Lipinski definition) is 1. The van der Waals surface area contributed by atoms with Crippen molar-refractivity contribution in [2.75, 3.05) is 0 Å². The Bertz CT molecular complexity index is 107. The van der Waals surface area contributed by atoms with Crippen LogP contribution in [0.3, 0.4) is 0 Å². The summed E-state index contributed by atoms with van der Waals surface area (Å²) in [4.78, 5) is 2.67. The Morgan fingerprint density at radius 2 is 2.50 bits per heavy atom. The summed E-state index contributed by atoms with van der Waals surface area (Å²) in [6, 6.07) is 3.49. The van der Waals surface area contributed by atoms with Gasteiger partial charge in [0.25, 0.3) is 0 Å². The van der Waals surface area contributed by atoms with Gasteiger partial charge in [-0.3, -0.25) is 0 Å². The van der Waals surface area contributed by atoms with Gasteiger partial charge < -0.3 is 4.98 Å². The minimum absolute atomic E-state index is 0.468. The average molecular weight is 78.1 g/mol. The maximum Gasteiger partial charge on any atom is 0.0496 e. The van der Waals surface area contributed by atoms with Crippen LogP contribution in [0.4, 0.5) is 0 Å². The van der Waals surface area contributed by atoms with E-state index in [1.165, 1.54) is 0 Å². The number of H-pyrrole nitrogens is 1. The molecule has 1 heterocycles. The van der Waals surface area contributed by atoms with Crippen LogP contribution in [0.15, 0.2) is 18.3 Å². The SMILES string of the molecule is [C]c1ccc[nH]1. The Balaban J connectivity index is 3.05. The van der Waals surface area contributed by atoms with Gasteiger partial charge in [-0.2, -0.15) is 0 Å². The molecule has 0 aliphatic rings. The van der Waals surface area contributed by atoms with Gasteiger partial charge in [-0.1, -0.05) is 0 Å². The fourth-order valence-electron chi connectivity index (χ4n) is 0.330. The highest BCUT2D eigenvalue weighted by Crippen LogP contribution is 1.86. The molecule has 0 unspecified atom stereocenters. The first kappa shape index (κ1) is 3.47. The van der Waals surface area contributed by atoms with Crippen LogP contribution in [0.2, 0.25) is 0 Å². The van der Waals surface area contributed by atoms with Crippen LogP contribution < -0.4 is 0 Å².